The summed E-state index contributed by atoms with van der Waals surface area (Å²) in [7, 11) is -3.43. The lowest BCUT2D eigenvalue weighted by Gasteiger charge is -2.33. The molecule has 1 aliphatic heterocycles. The zero-order valence-corrected chi connectivity index (χ0v) is 15.3. The molecule has 0 saturated carbocycles. The van der Waals surface area contributed by atoms with Crippen molar-refractivity contribution in [3.63, 3.8) is 0 Å². The minimum atomic E-state index is -3.43. The highest BCUT2D eigenvalue weighted by Gasteiger charge is 2.28. The molecule has 0 unspecified atom stereocenters. The van der Waals surface area contributed by atoms with Gasteiger partial charge < -0.3 is 5.32 Å². The van der Waals surface area contributed by atoms with E-state index in [9.17, 15) is 13.2 Å². The molecule has 134 valence electrons. The van der Waals surface area contributed by atoms with Crippen LogP contribution in [0.15, 0.2) is 35.2 Å². The van der Waals surface area contributed by atoms with E-state index in [0.29, 0.717) is 37.6 Å². The van der Waals surface area contributed by atoms with Gasteiger partial charge >= 0.3 is 0 Å². The van der Waals surface area contributed by atoms with E-state index < -0.39 is 10.0 Å². The largest absolute Gasteiger partial charge is 0.352 e. The summed E-state index contributed by atoms with van der Waals surface area (Å²) in [6.07, 6.45) is 1.84. The third-order valence-corrected chi connectivity index (χ3v) is 6.34. The molecule has 24 heavy (non-hydrogen) atoms. The highest BCUT2D eigenvalue weighted by molar-refractivity contribution is 7.89. The first-order valence-corrected chi connectivity index (χ1v) is 9.98. The van der Waals surface area contributed by atoms with Crippen LogP contribution in [-0.2, 0) is 14.8 Å². The van der Waals surface area contributed by atoms with Crippen LogP contribution in [0, 0.1) is 0 Å². The van der Waals surface area contributed by atoms with E-state index in [2.05, 4.69) is 19.2 Å². The molecule has 6 nitrogen and oxygen atoms in total. The first-order chi connectivity index (χ1) is 11.5. The molecule has 0 bridgehead atoms. The van der Waals surface area contributed by atoms with Gasteiger partial charge in [0.1, 0.15) is 0 Å². The van der Waals surface area contributed by atoms with Gasteiger partial charge in [-0.25, -0.2) is 8.42 Å². The molecule has 1 heterocycles. The van der Waals surface area contributed by atoms with Gasteiger partial charge in [-0.05, 0) is 25.0 Å². The van der Waals surface area contributed by atoms with E-state index in [1.165, 1.54) is 4.31 Å². The molecule has 0 aliphatic carbocycles. The number of hydrogen-bond donors (Lipinski definition) is 1. The summed E-state index contributed by atoms with van der Waals surface area (Å²) >= 11 is 0. The van der Waals surface area contributed by atoms with Crippen LogP contribution in [0.25, 0.3) is 0 Å². The molecule has 0 atom stereocenters. The van der Waals surface area contributed by atoms with Crippen LogP contribution in [0.1, 0.15) is 26.7 Å². The summed E-state index contributed by atoms with van der Waals surface area (Å²) in [6, 6.07) is 8.71. The average molecular weight is 353 g/mol. The Morgan fingerprint density at radius 3 is 2.21 bits per heavy atom. The summed E-state index contributed by atoms with van der Waals surface area (Å²) in [6.45, 7) is 6.41. The van der Waals surface area contributed by atoms with Crippen molar-refractivity contribution in [2.45, 2.75) is 37.6 Å². The van der Waals surface area contributed by atoms with Crippen molar-refractivity contribution in [3.05, 3.63) is 30.3 Å². The lowest BCUT2D eigenvalue weighted by atomic mass is 10.2. The van der Waals surface area contributed by atoms with Crippen LogP contribution in [0.4, 0.5) is 0 Å². The topological polar surface area (TPSA) is 69.7 Å². The average Bonchev–Trinajstić information content (AvgIpc) is 2.61. The molecule has 2 rings (SSSR count). The van der Waals surface area contributed by atoms with E-state index in [1.807, 2.05) is 4.90 Å². The van der Waals surface area contributed by atoms with Crippen LogP contribution >= 0.6 is 0 Å². The number of carbonyl (C=O) groups excluding carboxylic acids is 1. The van der Waals surface area contributed by atoms with Crippen LogP contribution < -0.4 is 5.32 Å². The van der Waals surface area contributed by atoms with Gasteiger partial charge in [0, 0.05) is 32.2 Å². The Morgan fingerprint density at radius 1 is 1.08 bits per heavy atom. The first-order valence-electron chi connectivity index (χ1n) is 8.54. The fourth-order valence-electron chi connectivity index (χ4n) is 2.84. The number of amides is 1. The molecule has 0 spiro atoms. The number of carbonyl (C=O) groups is 1. The summed E-state index contributed by atoms with van der Waals surface area (Å²) in [5.74, 6) is 0.0167. The summed E-state index contributed by atoms with van der Waals surface area (Å²) in [5.41, 5.74) is 0. The van der Waals surface area contributed by atoms with Gasteiger partial charge in [-0.15, -0.1) is 0 Å². The Morgan fingerprint density at radius 2 is 1.67 bits per heavy atom. The number of nitrogens with zero attached hydrogens (tertiary/aromatic N) is 2. The van der Waals surface area contributed by atoms with Crippen LogP contribution in [0.2, 0.25) is 0 Å². The van der Waals surface area contributed by atoms with Gasteiger partial charge in [0.05, 0.1) is 11.4 Å². The molecule has 1 N–H and O–H groups in total. The van der Waals surface area contributed by atoms with Crippen molar-refractivity contribution in [3.8, 4) is 0 Å². The molecule has 1 fully saturated rings. The SMILES string of the molecule is CCC(CC)NC(=O)CN1CCN(S(=O)(=O)c2ccccc2)CC1. The number of sulfonamides is 1. The van der Waals surface area contributed by atoms with E-state index >= 15 is 0 Å². The number of piperazine rings is 1. The van der Waals surface area contributed by atoms with Crippen molar-refractivity contribution in [2.75, 3.05) is 32.7 Å². The zero-order valence-electron chi connectivity index (χ0n) is 14.4. The van der Waals surface area contributed by atoms with Gasteiger partial charge in [0.25, 0.3) is 0 Å². The van der Waals surface area contributed by atoms with Crippen molar-refractivity contribution in [1.29, 1.82) is 0 Å². The lowest BCUT2D eigenvalue weighted by Crippen LogP contribution is -2.51. The fraction of sp³-hybridized carbons (Fsp3) is 0.588. The number of rotatable bonds is 7. The fourth-order valence-corrected chi connectivity index (χ4v) is 4.28. The molecule has 0 aromatic heterocycles. The molecule has 1 aromatic rings. The Kier molecular flexibility index (Phi) is 6.77. The minimum Gasteiger partial charge on any atom is -0.352 e. The smallest absolute Gasteiger partial charge is 0.243 e. The van der Waals surface area contributed by atoms with Gasteiger partial charge in [0.15, 0.2) is 0 Å². The standard InChI is InChI=1S/C17H27N3O3S/c1-3-15(4-2)18-17(21)14-19-10-12-20(13-11-19)24(22,23)16-8-6-5-7-9-16/h5-9,15H,3-4,10-14H2,1-2H3,(H,18,21). The minimum absolute atomic E-state index is 0.0167. The Bertz CT molecular complexity index is 622. The normalized spacial score (nSPS) is 17.1. The van der Waals surface area contributed by atoms with Crippen molar-refractivity contribution < 1.29 is 13.2 Å². The Hall–Kier alpha value is -1.44. The third-order valence-electron chi connectivity index (χ3n) is 4.43. The van der Waals surface area contributed by atoms with Gasteiger partial charge in [-0.1, -0.05) is 32.0 Å². The van der Waals surface area contributed by atoms with Crippen LogP contribution in [-0.4, -0.2) is 62.3 Å². The number of nitrogens with one attached hydrogen (secondary N) is 1. The molecular formula is C17H27N3O3S. The molecule has 1 amide bonds. The van der Waals surface area contributed by atoms with Crippen molar-refractivity contribution in [1.82, 2.24) is 14.5 Å². The quantitative estimate of drug-likeness (QED) is 0.802. The maximum Gasteiger partial charge on any atom is 0.243 e. The third kappa shape index (κ3) is 4.78. The van der Waals surface area contributed by atoms with Gasteiger partial charge in [-0.3, -0.25) is 9.69 Å². The van der Waals surface area contributed by atoms with Crippen molar-refractivity contribution >= 4 is 15.9 Å². The molecule has 1 saturated heterocycles. The Balaban J connectivity index is 1.86. The zero-order chi connectivity index (χ0) is 17.6. The maximum absolute atomic E-state index is 12.6. The molecule has 1 aromatic carbocycles. The predicted molar refractivity (Wildman–Crippen MR) is 94.2 cm³/mol. The molecule has 1 aliphatic rings. The maximum atomic E-state index is 12.6. The second-order valence-electron chi connectivity index (χ2n) is 6.07. The van der Waals surface area contributed by atoms with E-state index in [4.69, 9.17) is 0 Å². The predicted octanol–water partition coefficient (Wildman–Crippen LogP) is 1.30. The summed E-state index contributed by atoms with van der Waals surface area (Å²) in [4.78, 5) is 14.4. The monoisotopic (exact) mass is 353 g/mol. The van der Waals surface area contributed by atoms with Gasteiger partial charge in [-0.2, -0.15) is 4.31 Å². The van der Waals surface area contributed by atoms with Crippen molar-refractivity contribution in [2.24, 2.45) is 0 Å². The highest BCUT2D eigenvalue weighted by atomic mass is 32.2. The Labute approximate surface area is 144 Å². The number of hydrogen-bond acceptors (Lipinski definition) is 4. The van der Waals surface area contributed by atoms with Crippen LogP contribution in [0.3, 0.4) is 0 Å². The lowest BCUT2D eigenvalue weighted by molar-refractivity contribution is -0.123. The molecule has 0 radical (unpaired) electrons. The second kappa shape index (κ2) is 8.60. The first kappa shape index (κ1) is 18.9. The highest BCUT2D eigenvalue weighted by Crippen LogP contribution is 2.17. The number of benzene rings is 1. The second-order valence-corrected chi connectivity index (χ2v) is 8.01. The summed E-state index contributed by atoms with van der Waals surface area (Å²) in [5, 5.41) is 3.02. The van der Waals surface area contributed by atoms with E-state index in [-0.39, 0.29) is 11.9 Å². The summed E-state index contributed by atoms with van der Waals surface area (Å²) < 4.78 is 26.6. The molecular weight excluding hydrogens is 326 g/mol. The molecule has 7 heteroatoms. The van der Waals surface area contributed by atoms with E-state index in [1.54, 1.807) is 30.3 Å². The van der Waals surface area contributed by atoms with Gasteiger partial charge in [0.2, 0.25) is 15.9 Å². The van der Waals surface area contributed by atoms with E-state index in [0.717, 1.165) is 12.8 Å². The van der Waals surface area contributed by atoms with Crippen LogP contribution in [0.5, 0.6) is 0 Å².